The minimum Gasteiger partial charge on any atom is -0.492 e. The lowest BCUT2D eigenvalue weighted by atomic mass is 10.2. The molecule has 86 valence electrons. The summed E-state index contributed by atoms with van der Waals surface area (Å²) in [6.45, 7) is 4.81. The number of ether oxygens (including phenoxy) is 1. The highest BCUT2D eigenvalue weighted by molar-refractivity contribution is 5.42. The molecule has 0 saturated carbocycles. The maximum atomic E-state index is 8.75. The van der Waals surface area contributed by atoms with Crippen molar-refractivity contribution < 1.29 is 9.53 Å². The van der Waals surface area contributed by atoms with Gasteiger partial charge >= 0.3 is 0 Å². The van der Waals surface area contributed by atoms with Crippen LogP contribution in [0.4, 0.5) is 0 Å². The second kappa shape index (κ2) is 8.30. The number of benzene rings is 1. The molecule has 0 spiro atoms. The summed E-state index contributed by atoms with van der Waals surface area (Å²) in [6.07, 6.45) is 0.250. The molecule has 0 aromatic heterocycles. The molecule has 1 aromatic carbocycles. The summed E-state index contributed by atoms with van der Waals surface area (Å²) >= 11 is 0. The Kier molecular flexibility index (Phi) is 7.25. The Balaban J connectivity index is 0.000000673. The monoisotopic (exact) mass is 220 g/mol. The van der Waals surface area contributed by atoms with Gasteiger partial charge in [-0.05, 0) is 18.1 Å². The fourth-order valence-corrected chi connectivity index (χ4v) is 0.941. The average Bonchev–Trinajstić information content (AvgIpc) is 2.27. The predicted molar refractivity (Wildman–Crippen MR) is 61.7 cm³/mol. The number of hydrogen-bond donors (Lipinski definition) is 1. The first-order valence-corrected chi connectivity index (χ1v) is 4.93. The van der Waals surface area contributed by atoms with Gasteiger partial charge in [-0.25, -0.2) is 0 Å². The molecule has 0 radical (unpaired) electrons. The molecular formula is C12H16N2O2. The molecular weight excluding hydrogens is 204 g/mol. The van der Waals surface area contributed by atoms with Crippen molar-refractivity contribution >= 4 is 6.41 Å². The van der Waals surface area contributed by atoms with Gasteiger partial charge in [0, 0.05) is 0 Å². The summed E-state index contributed by atoms with van der Waals surface area (Å²) in [5.74, 6) is 1.16. The third kappa shape index (κ3) is 5.66. The Morgan fingerprint density at radius 1 is 1.50 bits per heavy atom. The van der Waals surface area contributed by atoms with E-state index in [1.165, 1.54) is 0 Å². The summed E-state index contributed by atoms with van der Waals surface area (Å²) in [5.41, 5.74) is 4.77. The lowest BCUT2D eigenvalue weighted by Gasteiger charge is -2.09. The first kappa shape index (κ1) is 14.0. The maximum Gasteiger partial charge on any atom is 0.204 e. The van der Waals surface area contributed by atoms with Crippen LogP contribution >= 0.6 is 0 Å². The van der Waals surface area contributed by atoms with Crippen molar-refractivity contribution in [3.05, 3.63) is 29.8 Å². The highest BCUT2D eigenvalue weighted by atomic mass is 16.5. The fourth-order valence-electron chi connectivity index (χ4n) is 0.941. The number of carbonyl (C=O) groups is 1. The maximum absolute atomic E-state index is 8.75. The van der Waals surface area contributed by atoms with Crippen LogP contribution in [0.5, 0.6) is 5.75 Å². The Hall–Kier alpha value is -2.02. The molecule has 1 aromatic rings. The van der Waals surface area contributed by atoms with Crippen molar-refractivity contribution in [1.82, 2.24) is 0 Å². The van der Waals surface area contributed by atoms with E-state index in [-0.39, 0.29) is 6.41 Å². The van der Waals surface area contributed by atoms with Crippen LogP contribution in [-0.4, -0.2) is 13.0 Å². The summed E-state index contributed by atoms with van der Waals surface area (Å²) in [5, 5.41) is 8.75. The Morgan fingerprint density at radius 3 is 2.56 bits per heavy atom. The Labute approximate surface area is 95.6 Å². The molecule has 2 N–H and O–H groups in total. The van der Waals surface area contributed by atoms with Crippen LogP contribution < -0.4 is 10.5 Å². The van der Waals surface area contributed by atoms with Gasteiger partial charge in [-0.15, -0.1) is 0 Å². The number of rotatable bonds is 3. The van der Waals surface area contributed by atoms with Crippen LogP contribution in [0.15, 0.2) is 24.3 Å². The Bertz CT molecular complexity index is 356. The standard InChI is InChI=1S/C11H13NO.CH3NO/c1-9(2)8-13-11-6-4-3-5-10(11)7-12;2-1-3/h3-6,9H,8H2,1-2H3;1H,(H2,2,3). The van der Waals surface area contributed by atoms with E-state index in [4.69, 9.17) is 14.8 Å². The van der Waals surface area contributed by atoms with Gasteiger partial charge in [0.05, 0.1) is 12.2 Å². The quantitative estimate of drug-likeness (QED) is 0.787. The number of nitriles is 1. The summed E-state index contributed by atoms with van der Waals surface area (Å²) < 4.78 is 5.47. The van der Waals surface area contributed by atoms with Gasteiger partial charge in [-0.3, -0.25) is 4.79 Å². The summed E-state index contributed by atoms with van der Waals surface area (Å²) in [6, 6.07) is 9.38. The number of primary amides is 1. The zero-order valence-electron chi connectivity index (χ0n) is 9.51. The first-order chi connectivity index (χ1) is 7.65. The molecule has 0 aliphatic heterocycles. The number of carbonyl (C=O) groups excluding carboxylic acids is 1. The van der Waals surface area contributed by atoms with Crippen LogP contribution in [0.3, 0.4) is 0 Å². The minimum absolute atomic E-state index is 0.250. The van der Waals surface area contributed by atoms with Gasteiger partial charge in [-0.2, -0.15) is 5.26 Å². The molecule has 0 aliphatic rings. The van der Waals surface area contributed by atoms with Crippen LogP contribution in [0, 0.1) is 17.2 Å². The normalized spacial score (nSPS) is 8.62. The van der Waals surface area contributed by atoms with E-state index in [0.717, 1.165) is 0 Å². The van der Waals surface area contributed by atoms with Crippen LogP contribution in [0.1, 0.15) is 19.4 Å². The highest BCUT2D eigenvalue weighted by Gasteiger charge is 2.01. The zero-order valence-corrected chi connectivity index (χ0v) is 9.51. The highest BCUT2D eigenvalue weighted by Crippen LogP contribution is 2.16. The van der Waals surface area contributed by atoms with Crippen molar-refractivity contribution in [2.75, 3.05) is 6.61 Å². The molecule has 0 aliphatic carbocycles. The van der Waals surface area contributed by atoms with E-state index in [1.807, 2.05) is 18.2 Å². The molecule has 0 atom stereocenters. The van der Waals surface area contributed by atoms with E-state index in [2.05, 4.69) is 25.7 Å². The van der Waals surface area contributed by atoms with E-state index in [9.17, 15) is 0 Å². The molecule has 1 rings (SSSR count). The van der Waals surface area contributed by atoms with Crippen molar-refractivity contribution in [1.29, 1.82) is 5.26 Å². The number of amides is 1. The molecule has 0 bridgehead atoms. The van der Waals surface area contributed by atoms with Crippen molar-refractivity contribution in [2.45, 2.75) is 13.8 Å². The zero-order chi connectivity index (χ0) is 12.4. The number of nitrogens with zero attached hydrogens (tertiary/aromatic N) is 1. The predicted octanol–water partition coefficient (Wildman–Crippen LogP) is 1.69. The van der Waals surface area contributed by atoms with E-state index in [1.54, 1.807) is 6.07 Å². The van der Waals surface area contributed by atoms with Gasteiger partial charge in [0.2, 0.25) is 6.41 Å². The van der Waals surface area contributed by atoms with Gasteiger partial charge in [0.25, 0.3) is 0 Å². The van der Waals surface area contributed by atoms with Crippen LogP contribution in [-0.2, 0) is 4.79 Å². The topological polar surface area (TPSA) is 76.1 Å². The fraction of sp³-hybridized carbons (Fsp3) is 0.333. The first-order valence-electron chi connectivity index (χ1n) is 4.93. The van der Waals surface area contributed by atoms with Gasteiger partial charge in [-0.1, -0.05) is 26.0 Å². The third-order valence-corrected chi connectivity index (χ3v) is 1.58. The smallest absolute Gasteiger partial charge is 0.204 e. The number of nitrogens with two attached hydrogens (primary N) is 1. The number of para-hydroxylation sites is 1. The van der Waals surface area contributed by atoms with Crippen molar-refractivity contribution in [2.24, 2.45) is 11.7 Å². The van der Waals surface area contributed by atoms with Crippen molar-refractivity contribution in [3.63, 3.8) is 0 Å². The van der Waals surface area contributed by atoms with Gasteiger partial charge in [0.15, 0.2) is 0 Å². The second-order valence-corrected chi connectivity index (χ2v) is 3.45. The molecule has 0 saturated heterocycles. The molecule has 0 fully saturated rings. The SMILES string of the molecule is CC(C)COc1ccccc1C#N.NC=O. The molecule has 4 nitrogen and oxygen atoms in total. The minimum atomic E-state index is 0.250. The lowest BCUT2D eigenvalue weighted by molar-refractivity contribution is -0.106. The largest absolute Gasteiger partial charge is 0.492 e. The molecule has 0 heterocycles. The summed E-state index contributed by atoms with van der Waals surface area (Å²) in [7, 11) is 0. The van der Waals surface area contributed by atoms with Crippen LogP contribution in [0.25, 0.3) is 0 Å². The van der Waals surface area contributed by atoms with Gasteiger partial charge < -0.3 is 10.5 Å². The molecule has 16 heavy (non-hydrogen) atoms. The lowest BCUT2D eigenvalue weighted by Crippen LogP contribution is -2.05. The average molecular weight is 220 g/mol. The molecule has 4 heteroatoms. The van der Waals surface area contributed by atoms with Crippen molar-refractivity contribution in [3.8, 4) is 11.8 Å². The van der Waals surface area contributed by atoms with E-state index >= 15 is 0 Å². The van der Waals surface area contributed by atoms with Crippen LogP contribution in [0.2, 0.25) is 0 Å². The summed E-state index contributed by atoms with van der Waals surface area (Å²) in [4.78, 5) is 8.58. The second-order valence-electron chi connectivity index (χ2n) is 3.45. The third-order valence-electron chi connectivity index (χ3n) is 1.58. The van der Waals surface area contributed by atoms with E-state index < -0.39 is 0 Å². The Morgan fingerprint density at radius 2 is 2.06 bits per heavy atom. The van der Waals surface area contributed by atoms with E-state index in [0.29, 0.717) is 23.8 Å². The number of hydrogen-bond acceptors (Lipinski definition) is 3. The molecule has 0 unspecified atom stereocenters. The van der Waals surface area contributed by atoms with Gasteiger partial charge in [0.1, 0.15) is 11.8 Å². The molecule has 1 amide bonds.